The normalized spacial score (nSPS) is 18.5. The second kappa shape index (κ2) is 9.41. The Morgan fingerprint density at radius 1 is 1.29 bits per heavy atom. The zero-order valence-electron chi connectivity index (χ0n) is 17.3. The fraction of sp³-hybridized carbons (Fsp3) is 0.526. The first kappa shape index (κ1) is 22.5. The van der Waals surface area contributed by atoms with Gasteiger partial charge in [-0.05, 0) is 44.4 Å². The molecule has 2 heterocycles. The van der Waals surface area contributed by atoms with E-state index in [2.05, 4.69) is 20.8 Å². The Labute approximate surface area is 190 Å². The summed E-state index contributed by atoms with van der Waals surface area (Å²) >= 11 is 2.76. The highest BCUT2D eigenvalue weighted by atomic mass is 32.2. The molecular weight excluding hydrogens is 458 g/mol. The summed E-state index contributed by atoms with van der Waals surface area (Å²) in [4.78, 5) is 12.9. The topological polar surface area (TPSA) is 114 Å². The van der Waals surface area contributed by atoms with E-state index in [-0.39, 0.29) is 10.8 Å². The molecule has 2 fully saturated rings. The van der Waals surface area contributed by atoms with Crippen LogP contribution in [0.1, 0.15) is 25.3 Å². The summed E-state index contributed by atoms with van der Waals surface area (Å²) in [6, 6.07) is 5.45. The molecule has 9 nitrogen and oxygen atoms in total. The maximum atomic E-state index is 13.0. The number of benzene rings is 1. The average Bonchev–Trinajstić information content (AvgIpc) is 3.47. The summed E-state index contributed by atoms with van der Waals surface area (Å²) < 4.78 is 33.5. The van der Waals surface area contributed by atoms with Crippen molar-refractivity contribution < 1.29 is 17.9 Å². The van der Waals surface area contributed by atoms with Gasteiger partial charge in [0.15, 0.2) is 4.34 Å². The minimum Gasteiger partial charge on any atom is -0.379 e. The van der Waals surface area contributed by atoms with Crippen LogP contribution in [0, 0.1) is 6.92 Å². The van der Waals surface area contributed by atoms with E-state index in [0.29, 0.717) is 47.9 Å². The van der Waals surface area contributed by atoms with Gasteiger partial charge < -0.3 is 15.4 Å². The number of hydrogen-bond donors (Lipinski definition) is 2. The summed E-state index contributed by atoms with van der Waals surface area (Å²) in [5.74, 6) is -0.226. The van der Waals surface area contributed by atoms with Crippen molar-refractivity contribution in [2.75, 3.05) is 36.9 Å². The van der Waals surface area contributed by atoms with Gasteiger partial charge in [-0.1, -0.05) is 29.2 Å². The number of carbonyl (C=O) groups is 1. The second-order valence-corrected chi connectivity index (χ2v) is 12.0. The van der Waals surface area contributed by atoms with Crippen LogP contribution in [0.4, 0.5) is 10.8 Å². The average molecular weight is 484 g/mol. The van der Waals surface area contributed by atoms with Crippen molar-refractivity contribution >= 4 is 49.8 Å². The zero-order chi connectivity index (χ0) is 22.0. The number of anilines is 2. The Hall–Kier alpha value is -1.73. The van der Waals surface area contributed by atoms with Crippen molar-refractivity contribution in [2.24, 2.45) is 0 Å². The monoisotopic (exact) mass is 483 g/mol. The van der Waals surface area contributed by atoms with Crippen molar-refractivity contribution in [3.05, 3.63) is 23.8 Å². The first-order valence-corrected chi connectivity index (χ1v) is 13.2. The number of nitrogens with one attached hydrogen (secondary N) is 2. The van der Waals surface area contributed by atoms with E-state index >= 15 is 0 Å². The van der Waals surface area contributed by atoms with Gasteiger partial charge in [-0.15, -0.1) is 10.2 Å². The number of amides is 1. The molecule has 2 aromatic rings. The van der Waals surface area contributed by atoms with Crippen molar-refractivity contribution in [3.63, 3.8) is 0 Å². The Bertz CT molecular complexity index is 1050. The van der Waals surface area contributed by atoms with E-state index < -0.39 is 15.3 Å². The lowest BCUT2D eigenvalue weighted by molar-refractivity contribution is -0.115. The van der Waals surface area contributed by atoms with Gasteiger partial charge in [0.1, 0.15) is 0 Å². The quantitative estimate of drug-likeness (QED) is 0.551. The molecule has 1 atom stereocenters. The molecule has 2 aliphatic rings. The highest BCUT2D eigenvalue weighted by Crippen LogP contribution is 2.32. The minimum atomic E-state index is -3.65. The predicted octanol–water partition coefficient (Wildman–Crippen LogP) is 2.56. The van der Waals surface area contributed by atoms with Gasteiger partial charge in [-0.2, -0.15) is 4.31 Å². The van der Waals surface area contributed by atoms with E-state index in [9.17, 15) is 13.2 Å². The molecule has 2 N–H and O–H groups in total. The number of thioether (sulfide) groups is 1. The van der Waals surface area contributed by atoms with Crippen LogP contribution in [0.2, 0.25) is 0 Å². The molecule has 168 valence electrons. The van der Waals surface area contributed by atoms with Crippen LogP contribution >= 0.6 is 23.1 Å². The number of hydrogen-bond acceptors (Lipinski definition) is 9. The largest absolute Gasteiger partial charge is 0.379 e. The van der Waals surface area contributed by atoms with Gasteiger partial charge in [0, 0.05) is 24.8 Å². The molecular formula is C19H25N5O4S3. The van der Waals surface area contributed by atoms with Crippen LogP contribution in [0.3, 0.4) is 0 Å². The number of morpholine rings is 1. The van der Waals surface area contributed by atoms with E-state index in [0.717, 1.165) is 18.0 Å². The molecule has 1 aliphatic heterocycles. The number of nitrogens with zero attached hydrogens (tertiary/aromatic N) is 3. The summed E-state index contributed by atoms with van der Waals surface area (Å²) in [7, 11) is -3.65. The van der Waals surface area contributed by atoms with Gasteiger partial charge in [-0.3, -0.25) is 4.79 Å². The van der Waals surface area contributed by atoms with Crippen molar-refractivity contribution in [2.45, 2.75) is 47.2 Å². The molecule has 1 aromatic heterocycles. The van der Waals surface area contributed by atoms with E-state index in [4.69, 9.17) is 4.74 Å². The van der Waals surface area contributed by atoms with E-state index in [1.165, 1.54) is 33.5 Å². The highest BCUT2D eigenvalue weighted by Gasteiger charge is 2.28. The van der Waals surface area contributed by atoms with Gasteiger partial charge in [0.2, 0.25) is 21.1 Å². The standard InChI is InChI=1S/C19H25N5O4S3/c1-12-3-4-15(11-16(12)31(26,27)24-7-9-28-10-8-24)20-17(25)13(2)29-19-23-22-18(30-19)21-14-5-6-14/h3-4,11,13-14H,5-10H2,1-2H3,(H,20,25)(H,21,22). The van der Waals surface area contributed by atoms with Gasteiger partial charge in [0.25, 0.3) is 0 Å². The molecule has 12 heteroatoms. The molecule has 4 rings (SSSR count). The number of rotatable bonds is 8. The summed E-state index contributed by atoms with van der Waals surface area (Å²) in [5.41, 5.74) is 1.08. The molecule has 1 aliphatic carbocycles. The molecule has 1 aromatic carbocycles. The smallest absolute Gasteiger partial charge is 0.243 e. The van der Waals surface area contributed by atoms with Crippen molar-refractivity contribution in [3.8, 4) is 0 Å². The maximum absolute atomic E-state index is 13.0. The van der Waals surface area contributed by atoms with Gasteiger partial charge in [0.05, 0.1) is 23.4 Å². The van der Waals surface area contributed by atoms with Crippen molar-refractivity contribution in [1.82, 2.24) is 14.5 Å². The summed E-state index contributed by atoms with van der Waals surface area (Å²) in [5, 5.41) is 14.7. The minimum absolute atomic E-state index is 0.201. The van der Waals surface area contributed by atoms with Crippen LogP contribution in [-0.4, -0.2) is 66.4 Å². The zero-order valence-corrected chi connectivity index (χ0v) is 19.8. The fourth-order valence-corrected chi connectivity index (χ4v) is 6.68. The first-order valence-electron chi connectivity index (χ1n) is 10.1. The Balaban J connectivity index is 1.41. The number of aryl methyl sites for hydroxylation is 1. The third-order valence-electron chi connectivity index (χ3n) is 5.00. The lowest BCUT2D eigenvalue weighted by Crippen LogP contribution is -2.40. The molecule has 0 radical (unpaired) electrons. The summed E-state index contributed by atoms with van der Waals surface area (Å²) in [6.45, 7) is 4.95. The van der Waals surface area contributed by atoms with Gasteiger partial charge >= 0.3 is 0 Å². The van der Waals surface area contributed by atoms with Crippen LogP contribution < -0.4 is 10.6 Å². The lowest BCUT2D eigenvalue weighted by Gasteiger charge is -2.27. The SMILES string of the molecule is Cc1ccc(NC(=O)C(C)Sc2nnc(NC3CC3)s2)cc1S(=O)(=O)N1CCOCC1. The molecule has 1 saturated carbocycles. The van der Waals surface area contributed by atoms with Crippen LogP contribution in [-0.2, 0) is 19.6 Å². The Morgan fingerprint density at radius 3 is 2.74 bits per heavy atom. The number of ether oxygens (including phenoxy) is 1. The lowest BCUT2D eigenvalue weighted by atomic mass is 10.2. The van der Waals surface area contributed by atoms with Crippen LogP contribution in [0.5, 0.6) is 0 Å². The molecule has 0 bridgehead atoms. The molecule has 1 saturated heterocycles. The van der Waals surface area contributed by atoms with E-state index in [1.54, 1.807) is 26.0 Å². The number of sulfonamides is 1. The summed E-state index contributed by atoms with van der Waals surface area (Å²) in [6.07, 6.45) is 2.31. The van der Waals surface area contributed by atoms with Gasteiger partial charge in [-0.25, -0.2) is 8.42 Å². The molecule has 1 unspecified atom stereocenters. The highest BCUT2D eigenvalue weighted by molar-refractivity contribution is 8.02. The fourth-order valence-electron chi connectivity index (χ4n) is 3.05. The van der Waals surface area contributed by atoms with E-state index in [1.807, 2.05) is 0 Å². The Morgan fingerprint density at radius 2 is 2.03 bits per heavy atom. The maximum Gasteiger partial charge on any atom is 0.243 e. The number of carbonyl (C=O) groups excluding carboxylic acids is 1. The molecule has 0 spiro atoms. The second-order valence-electron chi connectivity index (χ2n) is 7.54. The predicted molar refractivity (Wildman–Crippen MR) is 121 cm³/mol. The van der Waals surface area contributed by atoms with Crippen LogP contribution in [0.25, 0.3) is 0 Å². The molecule has 31 heavy (non-hydrogen) atoms. The molecule has 1 amide bonds. The third-order valence-corrected chi connectivity index (χ3v) is 9.08. The first-order chi connectivity index (χ1) is 14.8. The van der Waals surface area contributed by atoms with Crippen molar-refractivity contribution in [1.29, 1.82) is 0 Å². The van der Waals surface area contributed by atoms with Crippen LogP contribution in [0.15, 0.2) is 27.4 Å². The third kappa shape index (κ3) is 5.55. The number of aromatic nitrogens is 2. The Kier molecular flexibility index (Phi) is 6.82.